The third-order valence-electron chi connectivity index (χ3n) is 2.58. The Labute approximate surface area is 115 Å². The molecule has 0 saturated heterocycles. The molecule has 5 nitrogen and oxygen atoms in total. The van der Waals surface area contributed by atoms with Gasteiger partial charge in [-0.1, -0.05) is 18.2 Å². The van der Waals surface area contributed by atoms with Gasteiger partial charge in [0.25, 0.3) is 0 Å². The van der Waals surface area contributed by atoms with Gasteiger partial charge in [-0.05, 0) is 30.3 Å². The van der Waals surface area contributed by atoms with E-state index >= 15 is 0 Å². The first-order valence-corrected chi connectivity index (χ1v) is 5.80. The predicted molar refractivity (Wildman–Crippen MR) is 70.8 cm³/mol. The lowest BCUT2D eigenvalue weighted by Gasteiger charge is -2.09. The molecule has 0 heterocycles. The molecule has 0 aromatic heterocycles. The van der Waals surface area contributed by atoms with Gasteiger partial charge in [-0.15, -0.1) is 0 Å². The van der Waals surface area contributed by atoms with Gasteiger partial charge in [0, 0.05) is 0 Å². The Morgan fingerprint density at radius 1 is 1.00 bits per heavy atom. The van der Waals surface area contributed by atoms with E-state index in [0.717, 1.165) is 0 Å². The second-order valence-electron chi connectivity index (χ2n) is 3.93. The Bertz CT molecular complexity index is 634. The van der Waals surface area contributed by atoms with E-state index in [1.165, 1.54) is 25.3 Å². The van der Waals surface area contributed by atoms with Crippen molar-refractivity contribution in [3.8, 4) is 11.5 Å². The van der Waals surface area contributed by atoms with E-state index in [9.17, 15) is 14.7 Å². The van der Waals surface area contributed by atoms with Crippen molar-refractivity contribution in [2.24, 2.45) is 0 Å². The highest BCUT2D eigenvalue weighted by Crippen LogP contribution is 2.25. The number of aromatic hydroxyl groups is 1. The van der Waals surface area contributed by atoms with Crippen molar-refractivity contribution in [1.82, 2.24) is 0 Å². The number of ether oxygens (including phenoxy) is 2. The van der Waals surface area contributed by atoms with Crippen LogP contribution >= 0.6 is 0 Å². The number of rotatable bonds is 3. The lowest BCUT2D eigenvalue weighted by atomic mass is 10.2. The molecule has 0 radical (unpaired) electrons. The van der Waals surface area contributed by atoms with Crippen LogP contribution in [0.5, 0.6) is 11.5 Å². The summed E-state index contributed by atoms with van der Waals surface area (Å²) in [5, 5.41) is 9.38. The monoisotopic (exact) mass is 272 g/mol. The average Bonchev–Trinajstić information content (AvgIpc) is 2.49. The Hall–Kier alpha value is -2.82. The van der Waals surface area contributed by atoms with Crippen LogP contribution in [0, 0.1) is 0 Å². The molecule has 0 fully saturated rings. The second-order valence-corrected chi connectivity index (χ2v) is 3.93. The lowest BCUT2D eigenvalue weighted by molar-refractivity contribution is 0.0592. The van der Waals surface area contributed by atoms with Crippen LogP contribution in [0.25, 0.3) is 0 Å². The van der Waals surface area contributed by atoms with Gasteiger partial charge in [-0.3, -0.25) is 0 Å². The zero-order valence-electron chi connectivity index (χ0n) is 10.7. The Morgan fingerprint density at radius 3 is 2.35 bits per heavy atom. The first-order chi connectivity index (χ1) is 9.61. The fourth-order valence-electron chi connectivity index (χ4n) is 1.61. The molecule has 0 aliphatic rings. The van der Waals surface area contributed by atoms with Crippen molar-refractivity contribution in [2.75, 3.05) is 7.11 Å². The normalized spacial score (nSPS) is 9.85. The molecule has 0 amide bonds. The third-order valence-corrected chi connectivity index (χ3v) is 2.58. The summed E-state index contributed by atoms with van der Waals surface area (Å²) in [6.07, 6.45) is 0. The summed E-state index contributed by atoms with van der Waals surface area (Å²) in [4.78, 5) is 23.5. The molecule has 0 aliphatic carbocycles. The van der Waals surface area contributed by atoms with E-state index in [0.29, 0.717) is 5.56 Å². The molecule has 5 heteroatoms. The van der Waals surface area contributed by atoms with Crippen molar-refractivity contribution in [3.63, 3.8) is 0 Å². The van der Waals surface area contributed by atoms with Crippen LogP contribution < -0.4 is 4.74 Å². The predicted octanol–water partition coefficient (Wildman–Crippen LogP) is 2.40. The van der Waals surface area contributed by atoms with Crippen LogP contribution in [-0.2, 0) is 4.74 Å². The maximum atomic E-state index is 11.9. The smallest absolute Gasteiger partial charge is 0.343 e. The Kier molecular flexibility index (Phi) is 4.00. The molecule has 102 valence electrons. The minimum absolute atomic E-state index is 0.0169. The summed E-state index contributed by atoms with van der Waals surface area (Å²) in [6, 6.07) is 12.2. The molecule has 0 saturated carbocycles. The number of hydrogen-bond donors (Lipinski definition) is 1. The quantitative estimate of drug-likeness (QED) is 0.686. The van der Waals surface area contributed by atoms with E-state index < -0.39 is 11.9 Å². The highest BCUT2D eigenvalue weighted by atomic mass is 16.5. The van der Waals surface area contributed by atoms with Gasteiger partial charge in [0.05, 0.1) is 12.7 Å². The standard InChI is InChI=1S/C15H12O5/c1-19-15(18)12-9-11(16)7-8-13(12)20-14(17)10-5-3-2-4-6-10/h2-9,16H,1H3. The fraction of sp³-hybridized carbons (Fsp3) is 0.0667. The summed E-state index contributed by atoms with van der Waals surface area (Å²) in [6.45, 7) is 0. The average molecular weight is 272 g/mol. The first kappa shape index (κ1) is 13.6. The van der Waals surface area contributed by atoms with E-state index in [2.05, 4.69) is 4.74 Å². The largest absolute Gasteiger partial charge is 0.508 e. The van der Waals surface area contributed by atoms with Crippen LogP contribution in [0.3, 0.4) is 0 Å². The number of carbonyl (C=O) groups is 2. The number of benzene rings is 2. The Morgan fingerprint density at radius 2 is 1.70 bits per heavy atom. The molecule has 0 unspecified atom stereocenters. The van der Waals surface area contributed by atoms with E-state index in [1.807, 2.05) is 0 Å². The number of phenolic OH excluding ortho intramolecular Hbond substituents is 1. The van der Waals surface area contributed by atoms with Gasteiger partial charge in [0.2, 0.25) is 0 Å². The summed E-state index contributed by atoms with van der Waals surface area (Å²) in [5.74, 6) is -1.38. The molecule has 2 aromatic rings. The molecule has 2 rings (SSSR count). The van der Waals surface area contributed by atoms with E-state index in [1.54, 1.807) is 30.3 Å². The van der Waals surface area contributed by atoms with E-state index in [-0.39, 0.29) is 17.1 Å². The van der Waals surface area contributed by atoms with Crippen molar-refractivity contribution >= 4 is 11.9 Å². The van der Waals surface area contributed by atoms with Crippen molar-refractivity contribution < 1.29 is 24.2 Å². The van der Waals surface area contributed by atoms with Gasteiger partial charge in [-0.2, -0.15) is 0 Å². The molecule has 1 N–H and O–H groups in total. The molecular formula is C15H12O5. The molecule has 0 atom stereocenters. The minimum atomic E-state index is -0.697. The highest BCUT2D eigenvalue weighted by Gasteiger charge is 2.17. The number of esters is 2. The summed E-state index contributed by atoms with van der Waals surface area (Å²) < 4.78 is 9.74. The summed E-state index contributed by atoms with van der Waals surface area (Å²) in [7, 11) is 1.20. The Balaban J connectivity index is 2.30. The first-order valence-electron chi connectivity index (χ1n) is 5.80. The van der Waals surface area contributed by atoms with E-state index in [4.69, 9.17) is 4.74 Å². The highest BCUT2D eigenvalue weighted by molar-refractivity contribution is 5.96. The topological polar surface area (TPSA) is 72.8 Å². The third kappa shape index (κ3) is 2.95. The minimum Gasteiger partial charge on any atom is -0.508 e. The van der Waals surface area contributed by atoms with Crippen molar-refractivity contribution in [2.45, 2.75) is 0 Å². The SMILES string of the molecule is COC(=O)c1cc(O)ccc1OC(=O)c1ccccc1. The van der Waals surface area contributed by atoms with Crippen LogP contribution in [0.4, 0.5) is 0 Å². The van der Waals surface area contributed by atoms with Crippen molar-refractivity contribution in [1.29, 1.82) is 0 Å². The van der Waals surface area contributed by atoms with Crippen molar-refractivity contribution in [3.05, 3.63) is 59.7 Å². The fourth-order valence-corrected chi connectivity index (χ4v) is 1.61. The molecular weight excluding hydrogens is 260 g/mol. The number of methoxy groups -OCH3 is 1. The molecule has 20 heavy (non-hydrogen) atoms. The van der Waals surface area contributed by atoms with Crippen LogP contribution in [0.1, 0.15) is 20.7 Å². The number of carbonyl (C=O) groups excluding carboxylic acids is 2. The maximum Gasteiger partial charge on any atom is 0.343 e. The molecule has 2 aromatic carbocycles. The second kappa shape index (κ2) is 5.88. The van der Waals surface area contributed by atoms with Gasteiger partial charge >= 0.3 is 11.9 Å². The van der Waals surface area contributed by atoms with Gasteiger partial charge in [0.15, 0.2) is 0 Å². The van der Waals surface area contributed by atoms with Gasteiger partial charge in [-0.25, -0.2) is 9.59 Å². The molecule has 0 spiro atoms. The molecule has 0 aliphatic heterocycles. The lowest BCUT2D eigenvalue weighted by Crippen LogP contribution is -2.12. The zero-order valence-corrected chi connectivity index (χ0v) is 10.7. The zero-order chi connectivity index (χ0) is 14.5. The van der Waals surface area contributed by atoms with Crippen LogP contribution in [-0.4, -0.2) is 24.2 Å². The molecule has 0 bridgehead atoms. The summed E-state index contributed by atoms with van der Waals surface area (Å²) >= 11 is 0. The summed E-state index contributed by atoms with van der Waals surface area (Å²) in [5.41, 5.74) is 0.341. The maximum absolute atomic E-state index is 11.9. The van der Waals surface area contributed by atoms with Gasteiger partial charge in [0.1, 0.15) is 17.1 Å². The number of hydrogen-bond acceptors (Lipinski definition) is 5. The van der Waals surface area contributed by atoms with Crippen LogP contribution in [0.2, 0.25) is 0 Å². The van der Waals surface area contributed by atoms with Gasteiger partial charge < -0.3 is 14.6 Å². The number of phenols is 1. The van der Waals surface area contributed by atoms with Crippen LogP contribution in [0.15, 0.2) is 48.5 Å².